The third-order valence-electron chi connectivity index (χ3n) is 4.37. The van der Waals surface area contributed by atoms with E-state index in [9.17, 15) is 0 Å². The molecule has 0 bridgehead atoms. The van der Waals surface area contributed by atoms with Crippen molar-refractivity contribution in [2.45, 2.75) is 31.8 Å². The molecule has 22 heavy (non-hydrogen) atoms. The van der Waals surface area contributed by atoms with Crippen LogP contribution < -0.4 is 5.32 Å². The van der Waals surface area contributed by atoms with Crippen LogP contribution in [0.2, 0.25) is 0 Å². The fourth-order valence-electron chi connectivity index (χ4n) is 3.12. The molecule has 1 aromatic heterocycles. The number of nitrogens with zero attached hydrogens (tertiary/aromatic N) is 2. The first-order chi connectivity index (χ1) is 10.9. The first-order valence-electron chi connectivity index (χ1n) is 8.31. The van der Waals surface area contributed by atoms with E-state index in [-0.39, 0.29) is 0 Å². The molecule has 1 aliphatic rings. The minimum absolute atomic E-state index is 0.375. The molecule has 116 valence electrons. The summed E-state index contributed by atoms with van der Waals surface area (Å²) in [4.78, 5) is 6.80. The fraction of sp³-hybridized carbons (Fsp3) is 0.421. The van der Waals surface area contributed by atoms with Crippen molar-refractivity contribution in [3.05, 3.63) is 66.0 Å². The van der Waals surface area contributed by atoms with Crippen LogP contribution in [-0.2, 0) is 6.54 Å². The van der Waals surface area contributed by atoms with Crippen LogP contribution in [0.4, 0.5) is 0 Å². The van der Waals surface area contributed by atoms with Crippen LogP contribution >= 0.6 is 0 Å². The van der Waals surface area contributed by atoms with Gasteiger partial charge in [0, 0.05) is 31.5 Å². The van der Waals surface area contributed by atoms with Crippen LogP contribution in [0, 0.1) is 0 Å². The van der Waals surface area contributed by atoms with Crippen LogP contribution in [0.5, 0.6) is 0 Å². The van der Waals surface area contributed by atoms with Gasteiger partial charge in [-0.05, 0) is 43.1 Å². The zero-order chi connectivity index (χ0) is 15.0. The third-order valence-corrected chi connectivity index (χ3v) is 4.37. The van der Waals surface area contributed by atoms with Crippen LogP contribution in [0.25, 0.3) is 0 Å². The van der Waals surface area contributed by atoms with Crippen molar-refractivity contribution in [2.75, 3.05) is 19.6 Å². The van der Waals surface area contributed by atoms with Gasteiger partial charge in [0.25, 0.3) is 0 Å². The summed E-state index contributed by atoms with van der Waals surface area (Å²) in [5.41, 5.74) is 2.61. The van der Waals surface area contributed by atoms with Gasteiger partial charge in [-0.1, -0.05) is 42.8 Å². The highest BCUT2D eigenvalue weighted by Crippen LogP contribution is 2.18. The highest BCUT2D eigenvalue weighted by Gasteiger charge is 2.17. The summed E-state index contributed by atoms with van der Waals surface area (Å²) in [5.74, 6) is 0. The Morgan fingerprint density at radius 2 is 1.82 bits per heavy atom. The molecule has 1 N–H and O–H groups in total. The molecule has 1 aliphatic heterocycles. The number of aromatic nitrogens is 1. The molecule has 1 aromatic carbocycles. The number of hydrogen-bond donors (Lipinski definition) is 1. The minimum atomic E-state index is 0.375. The van der Waals surface area contributed by atoms with E-state index in [1.165, 1.54) is 43.5 Å². The number of piperidine rings is 1. The normalized spacial score (nSPS) is 17.3. The third kappa shape index (κ3) is 4.39. The van der Waals surface area contributed by atoms with Gasteiger partial charge in [-0.15, -0.1) is 0 Å². The smallest absolute Gasteiger partial charge is 0.0451 e. The topological polar surface area (TPSA) is 28.2 Å². The van der Waals surface area contributed by atoms with Gasteiger partial charge in [-0.3, -0.25) is 4.98 Å². The van der Waals surface area contributed by atoms with Crippen LogP contribution in [0.3, 0.4) is 0 Å². The van der Waals surface area contributed by atoms with Crippen LogP contribution in [0.15, 0.2) is 54.9 Å². The summed E-state index contributed by atoms with van der Waals surface area (Å²) >= 11 is 0. The summed E-state index contributed by atoms with van der Waals surface area (Å²) in [6, 6.07) is 15.3. The number of nitrogens with one attached hydrogen (secondary N) is 1. The first kappa shape index (κ1) is 15.2. The Kier molecular flexibility index (Phi) is 5.57. The Morgan fingerprint density at radius 1 is 1.00 bits per heavy atom. The van der Waals surface area contributed by atoms with E-state index in [0.717, 1.165) is 13.1 Å². The lowest BCUT2D eigenvalue weighted by Gasteiger charge is -2.31. The second kappa shape index (κ2) is 8.06. The van der Waals surface area contributed by atoms with Gasteiger partial charge in [-0.25, -0.2) is 0 Å². The van der Waals surface area contributed by atoms with Gasteiger partial charge in [0.2, 0.25) is 0 Å². The molecule has 3 nitrogen and oxygen atoms in total. The minimum Gasteiger partial charge on any atom is -0.305 e. The Balaban J connectivity index is 1.65. The Hall–Kier alpha value is -1.71. The molecule has 0 saturated carbocycles. The predicted octanol–water partition coefficient (Wildman–Crippen LogP) is 3.40. The Morgan fingerprint density at radius 3 is 2.55 bits per heavy atom. The second-order valence-corrected chi connectivity index (χ2v) is 6.07. The molecule has 0 amide bonds. The predicted molar refractivity (Wildman–Crippen MR) is 90.6 cm³/mol. The zero-order valence-corrected chi connectivity index (χ0v) is 13.1. The van der Waals surface area contributed by atoms with Gasteiger partial charge in [0.15, 0.2) is 0 Å². The average Bonchev–Trinajstić information content (AvgIpc) is 2.61. The molecule has 0 spiro atoms. The fourth-order valence-corrected chi connectivity index (χ4v) is 3.12. The number of rotatable bonds is 6. The summed E-state index contributed by atoms with van der Waals surface area (Å²) in [6.45, 7) is 4.42. The SMILES string of the molecule is c1ccc([C@H](CN2CCCCC2)NCc2cccnc2)cc1. The maximum absolute atomic E-state index is 4.20. The lowest BCUT2D eigenvalue weighted by molar-refractivity contribution is 0.204. The second-order valence-electron chi connectivity index (χ2n) is 6.07. The molecule has 1 fully saturated rings. The maximum atomic E-state index is 4.20. The molecule has 0 unspecified atom stereocenters. The molecule has 1 saturated heterocycles. The molecule has 3 heteroatoms. The van der Waals surface area contributed by atoms with E-state index in [4.69, 9.17) is 0 Å². The average molecular weight is 295 g/mol. The zero-order valence-electron chi connectivity index (χ0n) is 13.1. The summed E-state index contributed by atoms with van der Waals surface area (Å²) in [5, 5.41) is 3.72. The highest BCUT2D eigenvalue weighted by atomic mass is 15.2. The molecule has 2 aromatic rings. The Labute approximate surface area is 133 Å². The molecule has 1 atom stereocenters. The van der Waals surface area contributed by atoms with Gasteiger partial charge in [-0.2, -0.15) is 0 Å². The summed E-state index contributed by atoms with van der Waals surface area (Å²) in [6.07, 6.45) is 7.83. The van der Waals surface area contributed by atoms with Gasteiger partial charge in [0.1, 0.15) is 0 Å². The van der Waals surface area contributed by atoms with E-state index in [1.807, 2.05) is 18.5 Å². The number of pyridine rings is 1. The first-order valence-corrected chi connectivity index (χ1v) is 8.31. The molecule has 2 heterocycles. The number of hydrogen-bond acceptors (Lipinski definition) is 3. The Bertz CT molecular complexity index is 535. The lowest BCUT2D eigenvalue weighted by atomic mass is 10.0. The van der Waals surface area contributed by atoms with Crippen molar-refractivity contribution in [3.63, 3.8) is 0 Å². The van der Waals surface area contributed by atoms with E-state index in [0.29, 0.717) is 6.04 Å². The van der Waals surface area contributed by atoms with E-state index in [2.05, 4.69) is 51.6 Å². The van der Waals surface area contributed by atoms with Crippen molar-refractivity contribution < 1.29 is 0 Å². The maximum Gasteiger partial charge on any atom is 0.0451 e. The highest BCUT2D eigenvalue weighted by molar-refractivity contribution is 5.20. The van der Waals surface area contributed by atoms with E-state index >= 15 is 0 Å². The summed E-state index contributed by atoms with van der Waals surface area (Å²) < 4.78 is 0. The van der Waals surface area contributed by atoms with Gasteiger partial charge in [0.05, 0.1) is 0 Å². The molecule has 3 rings (SSSR count). The monoisotopic (exact) mass is 295 g/mol. The quantitative estimate of drug-likeness (QED) is 0.885. The van der Waals surface area contributed by atoms with Crippen LogP contribution in [0.1, 0.15) is 36.4 Å². The largest absolute Gasteiger partial charge is 0.305 e. The number of likely N-dealkylation sites (tertiary alicyclic amines) is 1. The van der Waals surface area contributed by atoms with E-state index in [1.54, 1.807) is 0 Å². The van der Waals surface area contributed by atoms with Crippen LogP contribution in [-0.4, -0.2) is 29.5 Å². The van der Waals surface area contributed by atoms with Crippen molar-refractivity contribution in [1.29, 1.82) is 0 Å². The van der Waals surface area contributed by atoms with Crippen molar-refractivity contribution in [3.8, 4) is 0 Å². The number of benzene rings is 1. The lowest BCUT2D eigenvalue weighted by Crippen LogP contribution is -2.38. The molecule has 0 radical (unpaired) electrons. The molecular weight excluding hydrogens is 270 g/mol. The van der Waals surface area contributed by atoms with Gasteiger partial charge < -0.3 is 10.2 Å². The molecular formula is C19H25N3. The van der Waals surface area contributed by atoms with E-state index < -0.39 is 0 Å². The van der Waals surface area contributed by atoms with Crippen molar-refractivity contribution >= 4 is 0 Å². The molecule has 0 aliphatic carbocycles. The van der Waals surface area contributed by atoms with Crippen molar-refractivity contribution in [1.82, 2.24) is 15.2 Å². The summed E-state index contributed by atoms with van der Waals surface area (Å²) in [7, 11) is 0. The van der Waals surface area contributed by atoms with Crippen molar-refractivity contribution in [2.24, 2.45) is 0 Å². The van der Waals surface area contributed by atoms with Gasteiger partial charge >= 0.3 is 0 Å². The standard InChI is InChI=1S/C19H25N3/c1-3-9-18(10-4-1)19(16-22-12-5-2-6-13-22)21-15-17-8-7-11-20-14-17/h1,3-4,7-11,14,19,21H,2,5-6,12-13,15-16H2/t19-/m0/s1.